The van der Waals surface area contributed by atoms with Crippen molar-refractivity contribution in [1.29, 1.82) is 0 Å². The Hall–Kier alpha value is -1.43. The number of rotatable bonds is 1. The summed E-state index contributed by atoms with van der Waals surface area (Å²) >= 11 is 3.04. The van der Waals surface area contributed by atoms with Crippen molar-refractivity contribution in [3.05, 3.63) is 33.0 Å². The maximum atomic E-state index is 13.9. The largest absolute Gasteiger partial charge is 0.495 e. The van der Waals surface area contributed by atoms with Gasteiger partial charge in [-0.15, -0.1) is 0 Å². The quantitative estimate of drug-likeness (QED) is 0.804. The van der Waals surface area contributed by atoms with Crippen molar-refractivity contribution in [3.63, 3.8) is 0 Å². The maximum absolute atomic E-state index is 13.9. The second-order valence-electron chi connectivity index (χ2n) is 3.26. The fraction of sp³-hybridized carbons (Fsp3) is 0.200. The van der Waals surface area contributed by atoms with Crippen molar-refractivity contribution >= 4 is 26.8 Å². The smallest absolute Gasteiger partial charge is 0.283 e. The molecule has 0 fully saturated rings. The number of fused-ring (bicyclic) bond motifs is 1. The maximum Gasteiger partial charge on any atom is 0.283 e. The van der Waals surface area contributed by atoms with Gasteiger partial charge in [-0.3, -0.25) is 4.79 Å². The van der Waals surface area contributed by atoms with Crippen LogP contribution in [-0.4, -0.2) is 16.7 Å². The first-order valence-corrected chi connectivity index (χ1v) is 5.23. The van der Waals surface area contributed by atoms with E-state index in [1.165, 1.54) is 13.4 Å². The number of aromatic nitrogens is 2. The van der Waals surface area contributed by atoms with E-state index in [9.17, 15) is 9.18 Å². The van der Waals surface area contributed by atoms with Gasteiger partial charge in [0.05, 0.1) is 23.4 Å². The molecule has 0 aliphatic rings. The van der Waals surface area contributed by atoms with Crippen LogP contribution in [0.15, 0.2) is 21.7 Å². The molecule has 4 nitrogen and oxygen atoms in total. The molecule has 0 radical (unpaired) electrons. The van der Waals surface area contributed by atoms with Crippen LogP contribution in [0.1, 0.15) is 0 Å². The van der Waals surface area contributed by atoms with Crippen LogP contribution < -0.4 is 10.3 Å². The summed E-state index contributed by atoms with van der Waals surface area (Å²) in [5.41, 5.74) is -0.147. The highest BCUT2D eigenvalue weighted by molar-refractivity contribution is 9.10. The lowest BCUT2D eigenvalue weighted by molar-refractivity contribution is 0.408. The fourth-order valence-corrected chi connectivity index (χ4v) is 1.96. The van der Waals surface area contributed by atoms with Crippen molar-refractivity contribution in [2.45, 2.75) is 0 Å². The molecule has 84 valence electrons. The number of nitrogens with zero attached hydrogens (tertiary/aromatic N) is 2. The van der Waals surface area contributed by atoms with E-state index in [0.717, 1.165) is 0 Å². The summed E-state index contributed by atoms with van der Waals surface area (Å²) in [5, 5.41) is -0.0438. The monoisotopic (exact) mass is 286 g/mol. The Labute approximate surface area is 98.8 Å². The van der Waals surface area contributed by atoms with Crippen molar-refractivity contribution in [1.82, 2.24) is 9.55 Å². The Bertz CT molecular complexity index is 624. The zero-order valence-electron chi connectivity index (χ0n) is 8.62. The van der Waals surface area contributed by atoms with Gasteiger partial charge in [0, 0.05) is 13.1 Å². The van der Waals surface area contributed by atoms with Gasteiger partial charge in [0.2, 0.25) is 0 Å². The van der Waals surface area contributed by atoms with Gasteiger partial charge in [-0.05, 0) is 15.9 Å². The normalized spacial score (nSPS) is 10.8. The summed E-state index contributed by atoms with van der Waals surface area (Å²) in [6, 6.07) is 1.59. The van der Waals surface area contributed by atoms with Crippen LogP contribution >= 0.6 is 15.9 Å². The first-order valence-electron chi connectivity index (χ1n) is 4.43. The minimum absolute atomic E-state index is 0.0438. The van der Waals surface area contributed by atoms with Gasteiger partial charge >= 0.3 is 0 Å². The van der Waals surface area contributed by atoms with E-state index in [0.29, 0.717) is 11.3 Å². The number of halogens is 2. The first-order chi connectivity index (χ1) is 7.56. The summed E-state index contributed by atoms with van der Waals surface area (Å²) in [6.07, 6.45) is 1.34. The van der Waals surface area contributed by atoms with Crippen LogP contribution in [0.2, 0.25) is 0 Å². The molecule has 6 heteroatoms. The molecule has 0 amide bonds. The lowest BCUT2D eigenvalue weighted by Crippen LogP contribution is -2.12. The third-order valence-electron chi connectivity index (χ3n) is 2.31. The molecule has 2 rings (SSSR count). The molecule has 0 aliphatic heterocycles. The highest BCUT2D eigenvalue weighted by Gasteiger charge is 2.15. The Morgan fingerprint density at radius 2 is 2.25 bits per heavy atom. The van der Waals surface area contributed by atoms with E-state index in [-0.39, 0.29) is 9.86 Å². The van der Waals surface area contributed by atoms with Crippen molar-refractivity contribution < 1.29 is 9.13 Å². The molecule has 0 atom stereocenters. The lowest BCUT2D eigenvalue weighted by atomic mass is 10.2. The third-order valence-corrected chi connectivity index (χ3v) is 3.05. The number of hydrogen-bond acceptors (Lipinski definition) is 3. The molecule has 1 aromatic carbocycles. The number of methoxy groups -OCH3 is 1. The third kappa shape index (κ3) is 1.49. The van der Waals surface area contributed by atoms with Gasteiger partial charge in [0.25, 0.3) is 5.56 Å². The van der Waals surface area contributed by atoms with Crippen molar-refractivity contribution in [2.24, 2.45) is 7.05 Å². The zero-order chi connectivity index (χ0) is 11.9. The molecule has 16 heavy (non-hydrogen) atoms. The van der Waals surface area contributed by atoms with E-state index in [4.69, 9.17) is 4.74 Å². The van der Waals surface area contributed by atoms with Gasteiger partial charge in [-0.1, -0.05) is 0 Å². The molecule has 1 heterocycles. The fourth-order valence-electron chi connectivity index (χ4n) is 1.49. The van der Waals surface area contributed by atoms with Crippen LogP contribution in [0.3, 0.4) is 0 Å². The molecule has 0 saturated carbocycles. The highest BCUT2D eigenvalue weighted by atomic mass is 79.9. The Balaban J connectivity index is 3.04. The highest BCUT2D eigenvalue weighted by Crippen LogP contribution is 2.32. The summed E-state index contributed by atoms with van der Waals surface area (Å²) < 4.78 is 20.6. The van der Waals surface area contributed by atoms with E-state index in [1.54, 1.807) is 17.7 Å². The summed E-state index contributed by atoms with van der Waals surface area (Å²) in [4.78, 5) is 15.0. The van der Waals surface area contributed by atoms with Gasteiger partial charge in [-0.25, -0.2) is 4.39 Å². The Morgan fingerprint density at radius 1 is 1.56 bits per heavy atom. The molecule has 0 spiro atoms. The summed E-state index contributed by atoms with van der Waals surface area (Å²) in [5.74, 6) is -0.311. The van der Waals surface area contributed by atoms with Gasteiger partial charge in [0.15, 0.2) is 5.82 Å². The average molecular weight is 287 g/mol. The molecule has 1 aromatic heterocycles. The SMILES string of the molecule is COc1cc2c(c(F)c1Br)c(=O)ncn2C. The minimum atomic E-state index is -0.650. The van der Waals surface area contributed by atoms with Crippen LogP contribution in [0.25, 0.3) is 10.9 Å². The summed E-state index contributed by atoms with van der Waals surface area (Å²) in [7, 11) is 3.12. The molecule has 0 aliphatic carbocycles. The molecular formula is C10H8BrFN2O2. The lowest BCUT2D eigenvalue weighted by Gasteiger charge is -2.09. The number of benzene rings is 1. The van der Waals surface area contributed by atoms with Gasteiger partial charge < -0.3 is 9.30 Å². The second kappa shape index (κ2) is 3.86. The standard InChI is InChI=1S/C10H8BrFN2O2/c1-14-4-13-10(15)7-5(14)3-6(16-2)8(11)9(7)12/h3-4H,1-2H3. The number of hydrogen-bond donors (Lipinski definition) is 0. The molecule has 0 N–H and O–H groups in total. The van der Waals surface area contributed by atoms with Crippen molar-refractivity contribution in [2.75, 3.05) is 7.11 Å². The minimum Gasteiger partial charge on any atom is -0.495 e. The molecule has 2 aromatic rings. The van der Waals surface area contributed by atoms with Crippen LogP contribution in [-0.2, 0) is 7.05 Å². The van der Waals surface area contributed by atoms with E-state index < -0.39 is 11.4 Å². The predicted molar refractivity (Wildman–Crippen MR) is 61.2 cm³/mol. The number of ether oxygens (including phenoxy) is 1. The van der Waals surface area contributed by atoms with Crippen LogP contribution in [0.5, 0.6) is 5.75 Å². The predicted octanol–water partition coefficient (Wildman–Crippen LogP) is 1.84. The second-order valence-corrected chi connectivity index (χ2v) is 4.05. The van der Waals surface area contributed by atoms with Crippen LogP contribution in [0, 0.1) is 5.82 Å². The Kier molecular flexibility index (Phi) is 2.67. The van der Waals surface area contributed by atoms with E-state index >= 15 is 0 Å². The molecular weight excluding hydrogens is 279 g/mol. The van der Waals surface area contributed by atoms with Crippen molar-refractivity contribution in [3.8, 4) is 5.75 Å². The van der Waals surface area contributed by atoms with Crippen LogP contribution in [0.4, 0.5) is 4.39 Å². The van der Waals surface area contributed by atoms with E-state index in [2.05, 4.69) is 20.9 Å². The topological polar surface area (TPSA) is 44.1 Å². The molecule has 0 unspecified atom stereocenters. The molecule has 0 bridgehead atoms. The summed E-state index contributed by atoms with van der Waals surface area (Å²) in [6.45, 7) is 0. The average Bonchev–Trinajstić information content (AvgIpc) is 2.27. The molecule has 0 saturated heterocycles. The van der Waals surface area contributed by atoms with Gasteiger partial charge in [-0.2, -0.15) is 4.98 Å². The zero-order valence-corrected chi connectivity index (χ0v) is 10.2. The first kappa shape index (κ1) is 11.1. The Morgan fingerprint density at radius 3 is 2.88 bits per heavy atom. The van der Waals surface area contributed by atoms with Gasteiger partial charge in [0.1, 0.15) is 11.1 Å². The number of aryl methyl sites for hydroxylation is 1. The van der Waals surface area contributed by atoms with E-state index in [1.807, 2.05) is 0 Å².